The highest BCUT2D eigenvalue weighted by Crippen LogP contribution is 2.42. The Hall–Kier alpha value is -4.05. The molecular weight excluding hydrogens is 576 g/mol. The normalized spacial score (nSPS) is 22.3. The van der Waals surface area contributed by atoms with Crippen LogP contribution in [0.1, 0.15) is 47.1 Å². The highest BCUT2D eigenvalue weighted by atomic mass is 16.7. The lowest BCUT2D eigenvalue weighted by Crippen LogP contribution is -2.51. The first-order valence-electron chi connectivity index (χ1n) is 16.2. The maximum atomic E-state index is 12.5. The second-order valence-corrected chi connectivity index (χ2v) is 12.3. The summed E-state index contributed by atoms with van der Waals surface area (Å²) in [5.41, 5.74) is 5.93. The number of anilines is 1. The van der Waals surface area contributed by atoms with Gasteiger partial charge in [0, 0.05) is 63.0 Å². The molecule has 2 aliphatic heterocycles. The van der Waals surface area contributed by atoms with Crippen molar-refractivity contribution in [3.63, 3.8) is 0 Å². The molecular formula is C38H44N4O4. The average molecular weight is 621 g/mol. The molecule has 0 aliphatic carbocycles. The van der Waals surface area contributed by atoms with Crippen molar-refractivity contribution in [3.8, 4) is 0 Å². The molecule has 8 heteroatoms. The van der Waals surface area contributed by atoms with E-state index >= 15 is 0 Å². The number of aliphatic hydroxyl groups excluding tert-OH is 1. The molecule has 46 heavy (non-hydrogen) atoms. The lowest BCUT2D eigenvalue weighted by atomic mass is 9.90. The fraction of sp³-hybridized carbons (Fsp3) is 0.342. The van der Waals surface area contributed by atoms with Gasteiger partial charge in [0.1, 0.15) is 0 Å². The van der Waals surface area contributed by atoms with Crippen LogP contribution in [-0.2, 0) is 29.2 Å². The summed E-state index contributed by atoms with van der Waals surface area (Å²) in [7, 11) is 0. The molecule has 2 amide bonds. The van der Waals surface area contributed by atoms with E-state index in [4.69, 9.17) is 9.47 Å². The quantitative estimate of drug-likeness (QED) is 0.198. The minimum Gasteiger partial charge on any atom is -0.392 e. The van der Waals surface area contributed by atoms with Crippen molar-refractivity contribution in [3.05, 3.63) is 137 Å². The molecule has 0 aromatic heterocycles. The van der Waals surface area contributed by atoms with E-state index in [1.54, 1.807) is 0 Å². The summed E-state index contributed by atoms with van der Waals surface area (Å²) in [5.74, 6) is 0.118. The number of hydrogen-bond donors (Lipinski definition) is 3. The zero-order chi connectivity index (χ0) is 31.7. The van der Waals surface area contributed by atoms with Crippen molar-refractivity contribution < 1.29 is 19.4 Å². The molecule has 0 unspecified atom stereocenters. The molecule has 0 bridgehead atoms. The molecule has 2 fully saturated rings. The Morgan fingerprint density at radius 3 is 2.00 bits per heavy atom. The fourth-order valence-corrected chi connectivity index (χ4v) is 6.23. The minimum absolute atomic E-state index is 0.0105. The van der Waals surface area contributed by atoms with Gasteiger partial charge in [-0.25, -0.2) is 4.79 Å². The van der Waals surface area contributed by atoms with Gasteiger partial charge in [0.2, 0.25) is 0 Å². The molecule has 240 valence electrons. The molecule has 4 aromatic carbocycles. The highest BCUT2D eigenvalue weighted by molar-refractivity contribution is 5.89. The molecule has 4 aromatic rings. The lowest BCUT2D eigenvalue weighted by Gasteiger charge is -2.44. The monoisotopic (exact) mass is 620 g/mol. The number of urea groups is 1. The Kier molecular flexibility index (Phi) is 10.7. The van der Waals surface area contributed by atoms with Crippen LogP contribution in [0.3, 0.4) is 0 Å². The van der Waals surface area contributed by atoms with E-state index in [9.17, 15) is 9.90 Å². The first kappa shape index (κ1) is 31.9. The standard InChI is InChI=1S/C38H44N4O4/c1-28-35(26-42-22-20-41(21-23-42)25-30-10-6-3-7-11-30)45-37(46-36(28)32-14-12-31(27-43)13-15-32)33-16-18-34(19-17-33)40-38(44)39-24-29-8-4-2-5-9-29/h2-19,28,35-37,43H,20-27H2,1H3,(H2,39,40,44)/t28-,35+,36+,37+/m1/s1. The van der Waals surface area contributed by atoms with Crippen LogP contribution in [0.2, 0.25) is 0 Å². The Morgan fingerprint density at radius 2 is 1.35 bits per heavy atom. The lowest BCUT2D eigenvalue weighted by molar-refractivity contribution is -0.276. The molecule has 0 radical (unpaired) electrons. The Bertz CT molecular complexity index is 1510. The number of rotatable bonds is 10. The molecule has 6 rings (SSSR count). The third kappa shape index (κ3) is 8.40. The number of piperazine rings is 1. The molecule has 0 spiro atoms. The molecule has 2 saturated heterocycles. The topological polar surface area (TPSA) is 86.3 Å². The number of aliphatic hydroxyl groups is 1. The Balaban J connectivity index is 1.10. The molecule has 4 atom stereocenters. The molecule has 0 saturated carbocycles. The van der Waals surface area contributed by atoms with E-state index in [2.05, 4.69) is 69.8 Å². The van der Waals surface area contributed by atoms with Gasteiger partial charge >= 0.3 is 6.03 Å². The average Bonchev–Trinajstić information content (AvgIpc) is 3.10. The molecule has 8 nitrogen and oxygen atoms in total. The van der Waals surface area contributed by atoms with Gasteiger partial charge in [-0.05, 0) is 34.4 Å². The molecule has 2 heterocycles. The number of hydrogen-bond acceptors (Lipinski definition) is 6. The van der Waals surface area contributed by atoms with Gasteiger partial charge in [-0.15, -0.1) is 0 Å². The van der Waals surface area contributed by atoms with Gasteiger partial charge in [-0.1, -0.05) is 104 Å². The first-order valence-corrected chi connectivity index (χ1v) is 16.2. The predicted octanol–water partition coefficient (Wildman–Crippen LogP) is 6.11. The summed E-state index contributed by atoms with van der Waals surface area (Å²) in [6.45, 7) is 8.51. The van der Waals surface area contributed by atoms with E-state index in [-0.39, 0.29) is 30.8 Å². The number of carbonyl (C=O) groups excluding carboxylic acids is 1. The predicted molar refractivity (Wildman–Crippen MR) is 180 cm³/mol. The van der Waals surface area contributed by atoms with Crippen LogP contribution >= 0.6 is 0 Å². The van der Waals surface area contributed by atoms with Crippen molar-refractivity contribution in [2.75, 3.05) is 38.0 Å². The van der Waals surface area contributed by atoms with E-state index < -0.39 is 6.29 Å². The van der Waals surface area contributed by atoms with Crippen LogP contribution in [0.4, 0.5) is 10.5 Å². The number of nitrogens with one attached hydrogen (secondary N) is 2. The second-order valence-electron chi connectivity index (χ2n) is 12.3. The number of nitrogens with zero attached hydrogens (tertiary/aromatic N) is 2. The van der Waals surface area contributed by atoms with Gasteiger partial charge in [-0.3, -0.25) is 9.80 Å². The van der Waals surface area contributed by atoms with E-state index in [0.717, 1.165) is 61.5 Å². The summed E-state index contributed by atoms with van der Waals surface area (Å²) < 4.78 is 13.3. The maximum absolute atomic E-state index is 12.5. The van der Waals surface area contributed by atoms with Crippen LogP contribution in [0.25, 0.3) is 0 Å². The van der Waals surface area contributed by atoms with E-state index in [1.807, 2.05) is 66.7 Å². The van der Waals surface area contributed by atoms with Crippen LogP contribution in [0, 0.1) is 5.92 Å². The number of carbonyl (C=O) groups is 1. The SMILES string of the molecule is C[C@@H]1[C@H](CN2CCN(Cc3ccccc3)CC2)O[C@H](c2ccc(NC(=O)NCc3ccccc3)cc2)O[C@@H]1c1ccc(CO)cc1. The summed E-state index contributed by atoms with van der Waals surface area (Å²) in [6, 6.07) is 35.9. The van der Waals surface area contributed by atoms with Crippen LogP contribution in [-0.4, -0.2) is 59.8 Å². The van der Waals surface area contributed by atoms with Crippen LogP contribution in [0.15, 0.2) is 109 Å². The minimum atomic E-state index is -0.552. The molecule has 2 aliphatic rings. The Morgan fingerprint density at radius 1 is 0.739 bits per heavy atom. The third-order valence-corrected chi connectivity index (χ3v) is 9.01. The van der Waals surface area contributed by atoms with Gasteiger partial charge in [0.05, 0.1) is 18.8 Å². The van der Waals surface area contributed by atoms with Crippen LogP contribution < -0.4 is 10.6 Å². The second kappa shape index (κ2) is 15.5. The number of amides is 2. The highest BCUT2D eigenvalue weighted by Gasteiger charge is 2.39. The van der Waals surface area contributed by atoms with Crippen molar-refractivity contribution in [2.45, 2.75) is 45.1 Å². The summed E-state index contributed by atoms with van der Waals surface area (Å²) >= 11 is 0. The zero-order valence-electron chi connectivity index (χ0n) is 26.4. The number of ether oxygens (including phenoxy) is 2. The number of benzene rings is 4. The van der Waals surface area contributed by atoms with E-state index in [0.29, 0.717) is 12.2 Å². The fourth-order valence-electron chi connectivity index (χ4n) is 6.23. The van der Waals surface area contributed by atoms with Crippen molar-refractivity contribution in [1.29, 1.82) is 0 Å². The zero-order valence-corrected chi connectivity index (χ0v) is 26.4. The van der Waals surface area contributed by atoms with Crippen LogP contribution in [0.5, 0.6) is 0 Å². The van der Waals surface area contributed by atoms with Crippen molar-refractivity contribution in [2.24, 2.45) is 5.92 Å². The molecule has 3 N–H and O–H groups in total. The Labute approximate surface area is 272 Å². The van der Waals surface area contributed by atoms with Gasteiger partial charge in [0.25, 0.3) is 0 Å². The van der Waals surface area contributed by atoms with Gasteiger partial charge in [0.15, 0.2) is 6.29 Å². The smallest absolute Gasteiger partial charge is 0.319 e. The first-order chi connectivity index (χ1) is 22.5. The van der Waals surface area contributed by atoms with Gasteiger partial charge in [-0.2, -0.15) is 0 Å². The summed E-state index contributed by atoms with van der Waals surface area (Å²) in [4.78, 5) is 17.5. The van der Waals surface area contributed by atoms with Gasteiger partial charge < -0.3 is 25.2 Å². The summed E-state index contributed by atoms with van der Waals surface area (Å²) in [5, 5.41) is 15.4. The van der Waals surface area contributed by atoms with Crippen molar-refractivity contribution >= 4 is 11.7 Å². The van der Waals surface area contributed by atoms with E-state index in [1.165, 1.54) is 5.56 Å². The largest absolute Gasteiger partial charge is 0.392 e. The van der Waals surface area contributed by atoms with Crippen molar-refractivity contribution in [1.82, 2.24) is 15.1 Å². The maximum Gasteiger partial charge on any atom is 0.319 e. The summed E-state index contributed by atoms with van der Waals surface area (Å²) in [6.07, 6.45) is -0.759. The third-order valence-electron chi connectivity index (χ3n) is 9.01.